The normalized spacial score (nSPS) is 26.3. The molecule has 2 aromatic carbocycles. The molecule has 4 atom stereocenters. The van der Waals surface area contributed by atoms with Crippen LogP contribution in [0.1, 0.15) is 36.8 Å². The van der Waals surface area contributed by atoms with Crippen molar-refractivity contribution >= 4 is 39.3 Å². The van der Waals surface area contributed by atoms with Gasteiger partial charge in [0.25, 0.3) is 0 Å². The van der Waals surface area contributed by atoms with E-state index in [-0.39, 0.29) is 47.8 Å². The predicted octanol–water partition coefficient (Wildman–Crippen LogP) is 4.53. The quantitative estimate of drug-likeness (QED) is 0.309. The fourth-order valence-electron chi connectivity index (χ4n) is 6.68. The molecule has 1 fully saturated rings. The Morgan fingerprint density at radius 3 is 2.46 bits per heavy atom. The van der Waals surface area contributed by atoms with Crippen molar-refractivity contribution in [1.82, 2.24) is 4.90 Å². The number of imide groups is 1. The smallest absolute Gasteiger partial charge is 0.233 e. The van der Waals surface area contributed by atoms with E-state index >= 15 is 0 Å². The van der Waals surface area contributed by atoms with Crippen LogP contribution in [-0.4, -0.2) is 45.0 Å². The van der Waals surface area contributed by atoms with Crippen LogP contribution in [0.4, 0.5) is 0 Å². The van der Waals surface area contributed by atoms with Gasteiger partial charge < -0.3 is 10.2 Å². The lowest BCUT2D eigenvalue weighted by atomic mass is 9.59. The number of aromatic hydroxyl groups is 2. The van der Waals surface area contributed by atoms with Gasteiger partial charge in [-0.05, 0) is 74.1 Å². The molecule has 4 aliphatic rings. The highest BCUT2D eigenvalue weighted by molar-refractivity contribution is 9.10. The number of amides is 2. The number of nitrogens with zero attached hydrogens (tertiary/aromatic N) is 1. The number of halogens is 1. The monoisotopic (exact) mass is 587 g/mol. The number of ketones is 2. The fraction of sp³-hybridized carbons (Fsp3) is 0.290. The molecular weight excluding hydrogens is 562 g/mol. The van der Waals surface area contributed by atoms with Gasteiger partial charge in [-0.15, -0.1) is 0 Å². The van der Waals surface area contributed by atoms with Gasteiger partial charge in [-0.2, -0.15) is 0 Å². The van der Waals surface area contributed by atoms with E-state index in [4.69, 9.17) is 0 Å². The summed E-state index contributed by atoms with van der Waals surface area (Å²) in [6, 6.07) is 11.7. The van der Waals surface area contributed by atoms with Crippen LogP contribution in [0.25, 0.3) is 0 Å². The SMILES string of the molecule is CC1=CC(=O)C2=C(C[C@@H]3C(=CC[C@@H]4C(=O)N(CCc5ccc(O)cc5)C(=O)[C@@H]43)[C@@H]2c2cc(Br)ccc2O)C1=O. The number of likely N-dealkylation sites (tertiary alicyclic amines) is 1. The van der Waals surface area contributed by atoms with Gasteiger partial charge in [0, 0.05) is 39.2 Å². The second-order valence-corrected chi connectivity index (χ2v) is 11.6. The molecule has 3 aliphatic carbocycles. The number of fused-ring (bicyclic) bond motifs is 3. The first-order chi connectivity index (χ1) is 18.7. The Labute approximate surface area is 233 Å². The zero-order valence-corrected chi connectivity index (χ0v) is 22.8. The summed E-state index contributed by atoms with van der Waals surface area (Å²) < 4.78 is 0.711. The van der Waals surface area contributed by atoms with Crippen LogP contribution in [0.3, 0.4) is 0 Å². The summed E-state index contributed by atoms with van der Waals surface area (Å²) in [5.41, 5.74) is 3.25. The molecule has 0 unspecified atom stereocenters. The van der Waals surface area contributed by atoms with E-state index in [1.165, 1.54) is 11.0 Å². The lowest BCUT2D eigenvalue weighted by Crippen LogP contribution is -2.40. The maximum absolute atomic E-state index is 13.8. The lowest BCUT2D eigenvalue weighted by molar-refractivity contribution is -0.140. The Balaban J connectivity index is 1.39. The van der Waals surface area contributed by atoms with Gasteiger partial charge in [-0.3, -0.25) is 24.1 Å². The van der Waals surface area contributed by atoms with Crippen molar-refractivity contribution in [2.75, 3.05) is 6.54 Å². The van der Waals surface area contributed by atoms with Gasteiger partial charge in [0.05, 0.1) is 11.8 Å². The zero-order valence-electron chi connectivity index (χ0n) is 21.2. The number of benzene rings is 2. The third-order valence-electron chi connectivity index (χ3n) is 8.51. The third-order valence-corrected chi connectivity index (χ3v) is 9.01. The number of rotatable bonds is 4. The van der Waals surface area contributed by atoms with E-state index in [1.807, 2.05) is 6.08 Å². The van der Waals surface area contributed by atoms with E-state index in [2.05, 4.69) is 15.9 Å². The lowest BCUT2D eigenvalue weighted by Gasteiger charge is -2.42. The Kier molecular flexibility index (Phi) is 6.18. The second kappa shape index (κ2) is 9.45. The number of carbonyl (C=O) groups excluding carboxylic acids is 4. The van der Waals surface area contributed by atoms with E-state index in [0.717, 1.165) is 11.1 Å². The molecular formula is C31H26BrNO6. The van der Waals surface area contributed by atoms with E-state index < -0.39 is 23.7 Å². The number of allylic oxidation sites excluding steroid dienone is 6. The van der Waals surface area contributed by atoms with Crippen LogP contribution in [0, 0.1) is 17.8 Å². The van der Waals surface area contributed by atoms with Crippen molar-refractivity contribution in [3.8, 4) is 11.5 Å². The molecule has 0 saturated carbocycles. The molecule has 1 saturated heterocycles. The summed E-state index contributed by atoms with van der Waals surface area (Å²) >= 11 is 3.46. The maximum atomic E-state index is 13.8. The summed E-state index contributed by atoms with van der Waals surface area (Å²) in [6.45, 7) is 1.83. The molecule has 0 radical (unpaired) electrons. The summed E-state index contributed by atoms with van der Waals surface area (Å²) in [5.74, 6) is -3.14. The summed E-state index contributed by atoms with van der Waals surface area (Å²) in [4.78, 5) is 55.3. The fourth-order valence-corrected chi connectivity index (χ4v) is 7.06. The molecule has 1 heterocycles. The first-order valence-corrected chi connectivity index (χ1v) is 13.8. The third kappa shape index (κ3) is 4.09. The van der Waals surface area contributed by atoms with Crippen molar-refractivity contribution in [2.45, 2.75) is 32.1 Å². The highest BCUT2D eigenvalue weighted by Gasteiger charge is 2.56. The number of hydrogen-bond acceptors (Lipinski definition) is 6. The van der Waals surface area contributed by atoms with Crippen LogP contribution >= 0.6 is 15.9 Å². The van der Waals surface area contributed by atoms with Crippen LogP contribution < -0.4 is 0 Å². The molecule has 1 aliphatic heterocycles. The zero-order chi connectivity index (χ0) is 27.6. The highest BCUT2D eigenvalue weighted by Crippen LogP contribution is 2.56. The first kappa shape index (κ1) is 25.5. The van der Waals surface area contributed by atoms with Crippen LogP contribution in [-0.2, 0) is 25.6 Å². The minimum Gasteiger partial charge on any atom is -0.508 e. The van der Waals surface area contributed by atoms with E-state index in [0.29, 0.717) is 39.6 Å². The Morgan fingerprint density at radius 1 is 0.974 bits per heavy atom. The number of Topliss-reactive ketones (excluding diaryl/α,β-unsaturated/α-hetero) is 1. The Morgan fingerprint density at radius 2 is 1.72 bits per heavy atom. The minimum atomic E-state index is -0.688. The highest BCUT2D eigenvalue weighted by atomic mass is 79.9. The largest absolute Gasteiger partial charge is 0.508 e. The van der Waals surface area contributed by atoms with Crippen molar-refractivity contribution in [1.29, 1.82) is 0 Å². The van der Waals surface area contributed by atoms with E-state index in [9.17, 15) is 29.4 Å². The molecule has 2 N–H and O–H groups in total. The molecule has 6 rings (SSSR count). The van der Waals surface area contributed by atoms with Gasteiger partial charge in [-0.25, -0.2) is 0 Å². The summed E-state index contributed by atoms with van der Waals surface area (Å²) in [5, 5.41) is 20.4. The molecule has 7 nitrogen and oxygen atoms in total. The molecule has 39 heavy (non-hydrogen) atoms. The van der Waals surface area contributed by atoms with Gasteiger partial charge in [0.2, 0.25) is 11.8 Å². The number of phenols is 2. The van der Waals surface area contributed by atoms with Gasteiger partial charge >= 0.3 is 0 Å². The number of phenolic OH excluding ortho intramolecular Hbond substituents is 2. The average Bonchev–Trinajstić information content (AvgIpc) is 3.16. The van der Waals surface area contributed by atoms with Gasteiger partial charge in [0.15, 0.2) is 11.6 Å². The second-order valence-electron chi connectivity index (χ2n) is 10.7. The van der Waals surface area contributed by atoms with Crippen molar-refractivity contribution in [3.05, 3.63) is 92.5 Å². The molecule has 198 valence electrons. The molecule has 8 heteroatoms. The molecule has 0 aromatic heterocycles. The Hall–Kier alpha value is -3.78. The molecule has 2 aromatic rings. The minimum absolute atomic E-state index is 0.00500. The standard InChI is InChI=1S/C31H26BrNO6/c1-15-12-25(36)28-23(29(15)37)14-21-19(26(28)22-13-17(32)4-9-24(22)35)7-8-20-27(21)31(39)33(30(20)38)11-10-16-2-5-18(34)6-3-16/h2-7,9,12-13,20-21,26-27,34-35H,8,10-11,14H2,1H3/t20-,21+,26+,27-/m0/s1. The number of hydrogen-bond donors (Lipinski definition) is 2. The average molecular weight is 588 g/mol. The molecule has 2 amide bonds. The first-order valence-electron chi connectivity index (χ1n) is 13.0. The van der Waals surface area contributed by atoms with Crippen molar-refractivity contribution in [3.63, 3.8) is 0 Å². The summed E-state index contributed by atoms with van der Waals surface area (Å²) in [7, 11) is 0. The Bertz CT molecular complexity index is 1550. The maximum Gasteiger partial charge on any atom is 0.233 e. The van der Waals surface area contributed by atoms with Crippen molar-refractivity contribution in [2.24, 2.45) is 17.8 Å². The summed E-state index contributed by atoms with van der Waals surface area (Å²) in [6.07, 6.45) is 4.31. The van der Waals surface area contributed by atoms with Gasteiger partial charge in [-0.1, -0.05) is 39.7 Å². The van der Waals surface area contributed by atoms with Crippen LogP contribution in [0.2, 0.25) is 0 Å². The van der Waals surface area contributed by atoms with E-state index in [1.54, 1.807) is 49.4 Å². The molecule has 0 bridgehead atoms. The number of carbonyl (C=O) groups is 4. The topological polar surface area (TPSA) is 112 Å². The van der Waals surface area contributed by atoms with Crippen LogP contribution in [0.5, 0.6) is 11.5 Å². The van der Waals surface area contributed by atoms with Gasteiger partial charge in [0.1, 0.15) is 11.5 Å². The van der Waals surface area contributed by atoms with Crippen LogP contribution in [0.15, 0.2) is 81.4 Å². The van der Waals surface area contributed by atoms with Crippen molar-refractivity contribution < 1.29 is 29.4 Å². The molecule has 0 spiro atoms. The predicted molar refractivity (Wildman–Crippen MR) is 146 cm³/mol.